The van der Waals surface area contributed by atoms with Crippen LogP contribution < -0.4 is 5.32 Å². The van der Waals surface area contributed by atoms with Gasteiger partial charge in [-0.05, 0) is 55.7 Å². The van der Waals surface area contributed by atoms with Crippen molar-refractivity contribution in [2.45, 2.75) is 51.6 Å². The molecule has 2 rings (SSSR count). The molecule has 0 saturated carbocycles. The van der Waals surface area contributed by atoms with E-state index in [4.69, 9.17) is 23.2 Å². The van der Waals surface area contributed by atoms with Gasteiger partial charge in [-0.2, -0.15) is 0 Å². The standard InChI is InChI=1S/C23H28Cl2N2O2S/c1-4-16(2)26-23(29)17(3)27(13-18-5-9-20(24)10-6-18)22(28)15-30-14-19-7-11-21(25)12-8-19/h5-12,16-17H,4,13-15H2,1-3H3,(H,26,29)/t16-,17-/m0/s1. The Morgan fingerprint density at radius 1 is 0.967 bits per heavy atom. The number of rotatable bonds is 10. The van der Waals surface area contributed by atoms with Crippen LogP contribution in [0.2, 0.25) is 10.0 Å². The molecule has 0 aliphatic heterocycles. The summed E-state index contributed by atoms with van der Waals surface area (Å²) >= 11 is 13.4. The van der Waals surface area contributed by atoms with Gasteiger partial charge in [-0.1, -0.05) is 54.4 Å². The zero-order valence-corrected chi connectivity index (χ0v) is 19.9. The van der Waals surface area contributed by atoms with Crippen molar-refractivity contribution in [2.75, 3.05) is 5.75 Å². The quantitative estimate of drug-likeness (QED) is 0.498. The van der Waals surface area contributed by atoms with E-state index >= 15 is 0 Å². The first-order valence-electron chi connectivity index (χ1n) is 9.96. The summed E-state index contributed by atoms with van der Waals surface area (Å²) in [4.78, 5) is 27.4. The van der Waals surface area contributed by atoms with Gasteiger partial charge < -0.3 is 10.2 Å². The molecular weight excluding hydrogens is 439 g/mol. The number of carbonyl (C=O) groups is 2. The molecule has 0 unspecified atom stereocenters. The molecule has 0 spiro atoms. The molecular formula is C23H28Cl2N2O2S. The molecule has 4 nitrogen and oxygen atoms in total. The van der Waals surface area contributed by atoms with Crippen LogP contribution in [0.4, 0.5) is 0 Å². The smallest absolute Gasteiger partial charge is 0.242 e. The van der Waals surface area contributed by atoms with E-state index < -0.39 is 6.04 Å². The molecule has 0 radical (unpaired) electrons. The number of benzene rings is 2. The highest BCUT2D eigenvalue weighted by molar-refractivity contribution is 7.99. The zero-order valence-electron chi connectivity index (χ0n) is 17.5. The SMILES string of the molecule is CC[C@H](C)NC(=O)[C@H](C)N(Cc1ccc(Cl)cc1)C(=O)CSCc1ccc(Cl)cc1. The van der Waals surface area contributed by atoms with E-state index in [1.165, 1.54) is 11.8 Å². The first-order valence-corrected chi connectivity index (χ1v) is 11.9. The molecule has 0 bridgehead atoms. The predicted molar refractivity (Wildman–Crippen MR) is 127 cm³/mol. The molecule has 2 aromatic rings. The summed E-state index contributed by atoms with van der Waals surface area (Å²) in [6, 6.07) is 14.4. The second-order valence-corrected chi connectivity index (χ2v) is 9.12. The molecule has 30 heavy (non-hydrogen) atoms. The van der Waals surface area contributed by atoms with Gasteiger partial charge in [0, 0.05) is 28.4 Å². The second kappa shape index (κ2) is 12.2. The lowest BCUT2D eigenvalue weighted by Crippen LogP contribution is -2.50. The number of halogens is 2. The summed E-state index contributed by atoms with van der Waals surface area (Å²) in [5.41, 5.74) is 2.03. The van der Waals surface area contributed by atoms with Crippen molar-refractivity contribution in [2.24, 2.45) is 0 Å². The number of hydrogen-bond donors (Lipinski definition) is 1. The van der Waals surface area contributed by atoms with E-state index in [0.717, 1.165) is 17.5 Å². The van der Waals surface area contributed by atoms with Crippen LogP contribution in [0.15, 0.2) is 48.5 Å². The molecule has 2 aromatic carbocycles. The van der Waals surface area contributed by atoms with Crippen LogP contribution >= 0.6 is 35.0 Å². The summed E-state index contributed by atoms with van der Waals surface area (Å²) in [5, 5.41) is 4.30. The van der Waals surface area contributed by atoms with Crippen LogP contribution in [0.5, 0.6) is 0 Å². The fourth-order valence-corrected chi connectivity index (χ4v) is 3.88. The summed E-state index contributed by atoms with van der Waals surface area (Å²) in [6.07, 6.45) is 0.834. The first kappa shape index (κ1) is 24.6. The van der Waals surface area contributed by atoms with Gasteiger partial charge in [0.15, 0.2) is 0 Å². The third kappa shape index (κ3) is 7.86. The summed E-state index contributed by atoms with van der Waals surface area (Å²) in [7, 11) is 0. The van der Waals surface area contributed by atoms with Gasteiger partial charge in [-0.15, -0.1) is 11.8 Å². The van der Waals surface area contributed by atoms with Crippen LogP contribution in [0.1, 0.15) is 38.3 Å². The average Bonchev–Trinajstić information content (AvgIpc) is 2.74. The third-order valence-electron chi connectivity index (χ3n) is 4.84. The Kier molecular flexibility index (Phi) is 10.0. The largest absolute Gasteiger partial charge is 0.352 e. The van der Waals surface area contributed by atoms with E-state index in [9.17, 15) is 9.59 Å². The summed E-state index contributed by atoms with van der Waals surface area (Å²) in [6.45, 7) is 6.10. The van der Waals surface area contributed by atoms with Gasteiger partial charge in [-0.25, -0.2) is 0 Å². The maximum absolute atomic E-state index is 13.0. The molecule has 0 aromatic heterocycles. The number of thioether (sulfide) groups is 1. The van der Waals surface area contributed by atoms with Crippen LogP contribution in [-0.2, 0) is 21.9 Å². The highest BCUT2D eigenvalue weighted by Gasteiger charge is 2.26. The Balaban J connectivity index is 2.06. The highest BCUT2D eigenvalue weighted by Crippen LogP contribution is 2.18. The minimum atomic E-state index is -0.571. The van der Waals surface area contributed by atoms with Gasteiger partial charge in [0.2, 0.25) is 11.8 Å². The zero-order chi connectivity index (χ0) is 22.1. The fourth-order valence-electron chi connectivity index (χ4n) is 2.75. The van der Waals surface area contributed by atoms with Crippen molar-refractivity contribution in [3.63, 3.8) is 0 Å². The fraction of sp³-hybridized carbons (Fsp3) is 0.391. The predicted octanol–water partition coefficient (Wildman–Crippen LogP) is 5.56. The molecule has 0 aliphatic rings. The van der Waals surface area contributed by atoms with E-state index in [1.54, 1.807) is 24.0 Å². The van der Waals surface area contributed by atoms with Crippen molar-refractivity contribution >= 4 is 46.8 Å². The maximum atomic E-state index is 13.0. The topological polar surface area (TPSA) is 49.4 Å². The van der Waals surface area contributed by atoms with Crippen molar-refractivity contribution in [3.05, 3.63) is 69.7 Å². The van der Waals surface area contributed by atoms with Gasteiger partial charge in [-0.3, -0.25) is 9.59 Å². The summed E-state index contributed by atoms with van der Waals surface area (Å²) in [5.74, 6) is 0.771. The van der Waals surface area contributed by atoms with Gasteiger partial charge in [0.1, 0.15) is 6.04 Å². The number of hydrogen-bond acceptors (Lipinski definition) is 3. The normalized spacial score (nSPS) is 12.8. The molecule has 2 amide bonds. The van der Waals surface area contributed by atoms with Crippen molar-refractivity contribution < 1.29 is 9.59 Å². The Morgan fingerprint density at radius 2 is 1.50 bits per heavy atom. The van der Waals surface area contributed by atoms with Crippen molar-refractivity contribution in [3.8, 4) is 0 Å². The molecule has 7 heteroatoms. The molecule has 0 aliphatic carbocycles. The van der Waals surface area contributed by atoms with E-state index in [2.05, 4.69) is 5.32 Å². The number of carbonyl (C=O) groups excluding carboxylic acids is 2. The molecule has 0 heterocycles. The number of nitrogens with zero attached hydrogens (tertiary/aromatic N) is 1. The average molecular weight is 467 g/mol. The molecule has 2 atom stereocenters. The Bertz CT molecular complexity index is 828. The lowest BCUT2D eigenvalue weighted by Gasteiger charge is -2.29. The molecule has 162 valence electrons. The van der Waals surface area contributed by atoms with Crippen LogP contribution in [0.25, 0.3) is 0 Å². The third-order valence-corrected chi connectivity index (χ3v) is 6.33. The number of amides is 2. The first-order chi connectivity index (χ1) is 14.3. The Hall–Kier alpha value is -1.69. The lowest BCUT2D eigenvalue weighted by atomic mass is 10.1. The minimum Gasteiger partial charge on any atom is -0.352 e. The molecule has 0 saturated heterocycles. The second-order valence-electron chi connectivity index (χ2n) is 7.26. The number of nitrogens with one attached hydrogen (secondary N) is 1. The molecule has 0 fully saturated rings. The highest BCUT2D eigenvalue weighted by atomic mass is 35.5. The minimum absolute atomic E-state index is 0.0618. The monoisotopic (exact) mass is 466 g/mol. The van der Waals surface area contributed by atoms with Crippen LogP contribution in [-0.4, -0.2) is 34.6 Å². The Labute approximate surface area is 193 Å². The van der Waals surface area contributed by atoms with E-state index in [1.807, 2.05) is 50.2 Å². The molecule has 1 N–H and O–H groups in total. The van der Waals surface area contributed by atoms with Crippen molar-refractivity contribution in [1.82, 2.24) is 10.2 Å². The van der Waals surface area contributed by atoms with Crippen LogP contribution in [0, 0.1) is 0 Å². The van der Waals surface area contributed by atoms with E-state index in [0.29, 0.717) is 22.3 Å². The Morgan fingerprint density at radius 3 is 2.03 bits per heavy atom. The van der Waals surface area contributed by atoms with Gasteiger partial charge in [0.05, 0.1) is 5.75 Å². The van der Waals surface area contributed by atoms with E-state index in [-0.39, 0.29) is 23.6 Å². The van der Waals surface area contributed by atoms with Crippen LogP contribution in [0.3, 0.4) is 0 Å². The van der Waals surface area contributed by atoms with Gasteiger partial charge >= 0.3 is 0 Å². The van der Waals surface area contributed by atoms with Gasteiger partial charge in [0.25, 0.3) is 0 Å². The van der Waals surface area contributed by atoms with Crippen molar-refractivity contribution in [1.29, 1.82) is 0 Å². The maximum Gasteiger partial charge on any atom is 0.242 e. The summed E-state index contributed by atoms with van der Waals surface area (Å²) < 4.78 is 0. The lowest BCUT2D eigenvalue weighted by molar-refractivity contribution is -0.138.